The summed E-state index contributed by atoms with van der Waals surface area (Å²) >= 11 is 0. The third-order valence-corrected chi connectivity index (χ3v) is 3.33. The topological polar surface area (TPSA) is 87.7 Å². The summed E-state index contributed by atoms with van der Waals surface area (Å²) in [5.74, 6) is 0.854. The van der Waals surface area contributed by atoms with Crippen molar-refractivity contribution in [1.82, 2.24) is 20.2 Å². The van der Waals surface area contributed by atoms with Crippen molar-refractivity contribution in [2.75, 3.05) is 38.6 Å². The van der Waals surface area contributed by atoms with Gasteiger partial charge in [-0.15, -0.1) is 0 Å². The van der Waals surface area contributed by atoms with Crippen LogP contribution in [0.3, 0.4) is 0 Å². The maximum atomic E-state index is 11.9. The fourth-order valence-corrected chi connectivity index (χ4v) is 2.14. The first-order chi connectivity index (χ1) is 10.5. The number of carbonyl (C=O) groups excluding carboxylic acids is 2. The van der Waals surface area contributed by atoms with Gasteiger partial charge in [0.25, 0.3) is 0 Å². The maximum Gasteiger partial charge on any atom is 0.242 e. The summed E-state index contributed by atoms with van der Waals surface area (Å²) in [6.45, 7) is 2.52. The summed E-state index contributed by atoms with van der Waals surface area (Å²) < 4.78 is 5.79. The van der Waals surface area contributed by atoms with Gasteiger partial charge in [0.1, 0.15) is 6.10 Å². The van der Waals surface area contributed by atoms with E-state index in [0.29, 0.717) is 24.8 Å². The summed E-state index contributed by atoms with van der Waals surface area (Å²) in [6.07, 6.45) is 3.85. The van der Waals surface area contributed by atoms with Crippen LogP contribution in [0.15, 0.2) is 12.4 Å². The highest BCUT2D eigenvalue weighted by Crippen LogP contribution is 2.18. The highest BCUT2D eigenvalue weighted by molar-refractivity contribution is 5.83. The quantitative estimate of drug-likeness (QED) is 0.800. The predicted octanol–water partition coefficient (Wildman–Crippen LogP) is -0.342. The average molecular weight is 307 g/mol. The summed E-state index contributed by atoms with van der Waals surface area (Å²) in [7, 11) is 3.76. The Bertz CT molecular complexity index is 549. The SMILES string of the molecule is CC(=O)NCC(=O)N1CCC(Oc2cncc(N(C)C)n2)C1. The molecule has 1 aliphatic heterocycles. The monoisotopic (exact) mass is 307 g/mol. The predicted molar refractivity (Wildman–Crippen MR) is 80.7 cm³/mol. The van der Waals surface area contributed by atoms with Crippen LogP contribution in [0.25, 0.3) is 0 Å². The minimum Gasteiger partial charge on any atom is -0.471 e. The fourth-order valence-electron chi connectivity index (χ4n) is 2.14. The number of amides is 2. The Hall–Kier alpha value is -2.38. The highest BCUT2D eigenvalue weighted by atomic mass is 16.5. The number of nitrogens with zero attached hydrogens (tertiary/aromatic N) is 4. The van der Waals surface area contributed by atoms with E-state index in [0.717, 1.165) is 6.42 Å². The van der Waals surface area contributed by atoms with Gasteiger partial charge in [0.2, 0.25) is 17.7 Å². The number of ether oxygens (including phenoxy) is 1. The summed E-state index contributed by atoms with van der Waals surface area (Å²) in [6, 6.07) is 0. The number of carbonyl (C=O) groups is 2. The molecule has 1 atom stereocenters. The molecule has 0 spiro atoms. The summed E-state index contributed by atoms with van der Waals surface area (Å²) in [4.78, 5) is 34.7. The normalized spacial score (nSPS) is 17.2. The van der Waals surface area contributed by atoms with Crippen LogP contribution in [-0.4, -0.2) is 66.5 Å². The molecule has 8 heteroatoms. The minimum absolute atomic E-state index is 0.0258. The van der Waals surface area contributed by atoms with E-state index in [9.17, 15) is 9.59 Å². The van der Waals surface area contributed by atoms with E-state index < -0.39 is 0 Å². The number of anilines is 1. The Balaban J connectivity index is 1.87. The molecular weight excluding hydrogens is 286 g/mol. The number of rotatable bonds is 5. The van der Waals surface area contributed by atoms with E-state index in [4.69, 9.17) is 4.74 Å². The van der Waals surface area contributed by atoms with Gasteiger partial charge in [0.05, 0.1) is 25.5 Å². The average Bonchev–Trinajstić information content (AvgIpc) is 2.93. The first kappa shape index (κ1) is 16.0. The van der Waals surface area contributed by atoms with Gasteiger partial charge in [-0.05, 0) is 0 Å². The fraction of sp³-hybridized carbons (Fsp3) is 0.571. The molecule has 0 saturated carbocycles. The number of nitrogens with one attached hydrogen (secondary N) is 1. The summed E-state index contributed by atoms with van der Waals surface area (Å²) in [5.41, 5.74) is 0. The van der Waals surface area contributed by atoms with Gasteiger partial charge in [-0.2, -0.15) is 4.98 Å². The lowest BCUT2D eigenvalue weighted by Gasteiger charge is -2.17. The van der Waals surface area contributed by atoms with Gasteiger partial charge < -0.3 is 19.9 Å². The van der Waals surface area contributed by atoms with Crippen LogP contribution in [0.2, 0.25) is 0 Å². The highest BCUT2D eigenvalue weighted by Gasteiger charge is 2.27. The van der Waals surface area contributed by atoms with Crippen molar-refractivity contribution in [3.05, 3.63) is 12.4 Å². The van der Waals surface area contributed by atoms with E-state index in [1.54, 1.807) is 17.3 Å². The molecule has 8 nitrogen and oxygen atoms in total. The number of aromatic nitrogens is 2. The van der Waals surface area contributed by atoms with E-state index in [-0.39, 0.29) is 24.5 Å². The lowest BCUT2D eigenvalue weighted by molar-refractivity contribution is -0.131. The lowest BCUT2D eigenvalue weighted by atomic mass is 10.3. The first-order valence-electron chi connectivity index (χ1n) is 7.14. The van der Waals surface area contributed by atoms with Gasteiger partial charge in [0, 0.05) is 34.0 Å². The first-order valence-corrected chi connectivity index (χ1v) is 7.14. The van der Waals surface area contributed by atoms with Gasteiger partial charge in [-0.1, -0.05) is 0 Å². The van der Waals surface area contributed by atoms with Gasteiger partial charge in [-0.3, -0.25) is 14.6 Å². The standard InChI is InChI=1S/C14H21N5O3/c1-10(20)16-8-14(21)19-5-4-11(9-19)22-13-7-15-6-12(17-13)18(2)3/h6-7,11H,4-5,8-9H2,1-3H3,(H,16,20). The lowest BCUT2D eigenvalue weighted by Crippen LogP contribution is -2.39. The molecule has 120 valence electrons. The van der Waals surface area contributed by atoms with Crippen LogP contribution >= 0.6 is 0 Å². The van der Waals surface area contributed by atoms with Crippen LogP contribution in [0, 0.1) is 0 Å². The Morgan fingerprint density at radius 3 is 2.91 bits per heavy atom. The number of hydrogen-bond donors (Lipinski definition) is 1. The molecule has 1 fully saturated rings. The van der Waals surface area contributed by atoms with E-state index in [2.05, 4.69) is 15.3 Å². The molecule has 2 amide bonds. The van der Waals surface area contributed by atoms with E-state index >= 15 is 0 Å². The van der Waals surface area contributed by atoms with Gasteiger partial charge >= 0.3 is 0 Å². The molecule has 0 aliphatic carbocycles. The van der Waals surface area contributed by atoms with Crippen molar-refractivity contribution in [3.63, 3.8) is 0 Å². The molecule has 0 aromatic carbocycles. The molecule has 2 rings (SSSR count). The van der Waals surface area contributed by atoms with Crippen LogP contribution in [0.1, 0.15) is 13.3 Å². The summed E-state index contributed by atoms with van der Waals surface area (Å²) in [5, 5.41) is 2.51. The molecule has 0 radical (unpaired) electrons. The van der Waals surface area contributed by atoms with Crippen molar-refractivity contribution in [2.45, 2.75) is 19.4 Å². The molecule has 2 heterocycles. The van der Waals surface area contributed by atoms with Crippen molar-refractivity contribution in [3.8, 4) is 5.88 Å². The molecule has 1 unspecified atom stereocenters. The Labute approximate surface area is 129 Å². The van der Waals surface area contributed by atoms with Crippen LogP contribution in [0.4, 0.5) is 5.82 Å². The van der Waals surface area contributed by atoms with E-state index in [1.807, 2.05) is 19.0 Å². The van der Waals surface area contributed by atoms with Crippen LogP contribution in [-0.2, 0) is 9.59 Å². The molecule has 1 aromatic heterocycles. The van der Waals surface area contributed by atoms with Crippen LogP contribution < -0.4 is 15.0 Å². The minimum atomic E-state index is -0.212. The van der Waals surface area contributed by atoms with E-state index in [1.165, 1.54) is 6.92 Å². The second-order valence-electron chi connectivity index (χ2n) is 5.39. The molecule has 1 aliphatic rings. The van der Waals surface area contributed by atoms with Gasteiger partial charge in [-0.25, -0.2) is 0 Å². The Morgan fingerprint density at radius 2 is 2.23 bits per heavy atom. The third kappa shape index (κ3) is 4.31. The second-order valence-corrected chi connectivity index (χ2v) is 5.39. The van der Waals surface area contributed by atoms with Crippen molar-refractivity contribution in [1.29, 1.82) is 0 Å². The second kappa shape index (κ2) is 7.06. The largest absolute Gasteiger partial charge is 0.471 e. The Kier molecular flexibility index (Phi) is 5.13. The van der Waals surface area contributed by atoms with Crippen LogP contribution in [0.5, 0.6) is 5.88 Å². The molecular formula is C14H21N5O3. The molecule has 1 saturated heterocycles. The zero-order valence-electron chi connectivity index (χ0n) is 13.1. The number of hydrogen-bond acceptors (Lipinski definition) is 6. The van der Waals surface area contributed by atoms with Crippen molar-refractivity contribution < 1.29 is 14.3 Å². The molecule has 22 heavy (non-hydrogen) atoms. The Morgan fingerprint density at radius 1 is 1.45 bits per heavy atom. The molecule has 1 N–H and O–H groups in total. The molecule has 0 bridgehead atoms. The number of likely N-dealkylation sites (tertiary alicyclic amines) is 1. The zero-order valence-corrected chi connectivity index (χ0v) is 13.1. The smallest absolute Gasteiger partial charge is 0.242 e. The maximum absolute atomic E-state index is 11.9. The third-order valence-electron chi connectivity index (χ3n) is 3.33. The van der Waals surface area contributed by atoms with Crippen molar-refractivity contribution in [2.24, 2.45) is 0 Å². The van der Waals surface area contributed by atoms with Crippen molar-refractivity contribution >= 4 is 17.6 Å². The van der Waals surface area contributed by atoms with Gasteiger partial charge in [0.15, 0.2) is 5.82 Å². The molecule has 1 aromatic rings. The zero-order chi connectivity index (χ0) is 16.1.